The number of nitrogens with zero attached hydrogens (tertiary/aromatic N) is 1. The normalized spacial score (nSPS) is 17.0. The van der Waals surface area contributed by atoms with Gasteiger partial charge in [-0.3, -0.25) is 14.4 Å². The van der Waals surface area contributed by atoms with Crippen molar-refractivity contribution < 1.29 is 19.1 Å². The number of benzene rings is 1. The minimum atomic E-state index is -0.692. The summed E-state index contributed by atoms with van der Waals surface area (Å²) in [6.07, 6.45) is -0.175. The number of carbonyl (C=O) groups is 3. The van der Waals surface area contributed by atoms with E-state index in [9.17, 15) is 14.4 Å². The van der Waals surface area contributed by atoms with E-state index in [2.05, 4.69) is 5.32 Å². The molecule has 0 radical (unpaired) electrons. The van der Waals surface area contributed by atoms with Gasteiger partial charge < -0.3 is 15.8 Å². The fourth-order valence-electron chi connectivity index (χ4n) is 2.03. The Bertz CT molecular complexity index is 763. The van der Waals surface area contributed by atoms with E-state index in [1.165, 1.54) is 18.7 Å². The molecule has 0 bridgehead atoms. The van der Waals surface area contributed by atoms with Crippen LogP contribution in [0.2, 0.25) is 0 Å². The first-order chi connectivity index (χ1) is 11.4. The molecule has 0 saturated carbocycles. The average Bonchev–Trinajstić information content (AvgIpc) is 2.54. The minimum absolute atomic E-state index is 0.0670. The Labute approximate surface area is 142 Å². The molecule has 0 aliphatic carbocycles. The van der Waals surface area contributed by atoms with E-state index in [0.717, 1.165) is 4.90 Å². The molecule has 1 heterocycles. The van der Waals surface area contributed by atoms with Crippen molar-refractivity contribution in [2.75, 3.05) is 11.9 Å². The molecule has 8 heteroatoms. The summed E-state index contributed by atoms with van der Waals surface area (Å²) in [6.45, 7) is 0.838. The highest BCUT2D eigenvalue weighted by Gasteiger charge is 2.29. The zero-order valence-corrected chi connectivity index (χ0v) is 13.7. The number of ether oxygens (including phenoxy) is 1. The van der Waals surface area contributed by atoms with Gasteiger partial charge >= 0.3 is 5.97 Å². The number of nitriles is 1. The smallest absolute Gasteiger partial charge is 0.307 e. The third-order valence-electron chi connectivity index (χ3n) is 3.21. The van der Waals surface area contributed by atoms with Crippen molar-refractivity contribution in [2.45, 2.75) is 23.5 Å². The summed E-state index contributed by atoms with van der Waals surface area (Å²) in [5.74, 6) is -1.66. The summed E-state index contributed by atoms with van der Waals surface area (Å²) < 4.78 is 4.85. The van der Waals surface area contributed by atoms with Crippen LogP contribution in [0.1, 0.15) is 13.3 Å². The van der Waals surface area contributed by atoms with Crippen molar-refractivity contribution in [2.24, 2.45) is 5.73 Å². The minimum Gasteiger partial charge on any atom is -0.457 e. The molecule has 0 aromatic heterocycles. The van der Waals surface area contributed by atoms with Crippen molar-refractivity contribution in [3.05, 3.63) is 35.5 Å². The summed E-state index contributed by atoms with van der Waals surface area (Å²) in [5, 5.41) is 10.9. The molecule has 7 nitrogen and oxygen atoms in total. The van der Waals surface area contributed by atoms with Gasteiger partial charge in [-0.1, -0.05) is 12.1 Å². The largest absolute Gasteiger partial charge is 0.457 e. The lowest BCUT2D eigenvalue weighted by Gasteiger charge is -2.23. The SMILES string of the molecule is C/C(N)=C(\C#N)C(=O)COC(=O)CC1Sc2ccccc2NC1=O. The van der Waals surface area contributed by atoms with Crippen molar-refractivity contribution in [3.8, 4) is 6.07 Å². The Kier molecular flexibility index (Phi) is 5.60. The Balaban J connectivity index is 1.92. The molecule has 2 rings (SSSR count). The molecular formula is C16H15N3O4S. The molecule has 0 saturated heterocycles. The molecule has 1 aromatic carbocycles. The second-order valence-corrected chi connectivity index (χ2v) is 6.29. The third kappa shape index (κ3) is 4.14. The Hall–Kier alpha value is -2.79. The lowest BCUT2D eigenvalue weighted by Crippen LogP contribution is -2.31. The van der Waals surface area contributed by atoms with Crippen LogP contribution in [0.3, 0.4) is 0 Å². The number of allylic oxidation sites excluding steroid dienone is 1. The number of esters is 1. The van der Waals surface area contributed by atoms with E-state index in [-0.39, 0.29) is 23.6 Å². The monoisotopic (exact) mass is 345 g/mol. The van der Waals surface area contributed by atoms with Gasteiger partial charge in [0.2, 0.25) is 11.7 Å². The Morgan fingerprint density at radius 3 is 2.79 bits per heavy atom. The van der Waals surface area contributed by atoms with E-state index >= 15 is 0 Å². The predicted octanol–water partition coefficient (Wildman–Crippen LogP) is 1.36. The zero-order chi connectivity index (χ0) is 17.7. The molecule has 124 valence electrons. The van der Waals surface area contributed by atoms with Gasteiger partial charge in [-0.15, -0.1) is 11.8 Å². The summed E-state index contributed by atoms with van der Waals surface area (Å²) in [5.41, 5.74) is 5.94. The number of hydrogen-bond donors (Lipinski definition) is 2. The topological polar surface area (TPSA) is 122 Å². The molecule has 24 heavy (non-hydrogen) atoms. The second-order valence-electron chi connectivity index (χ2n) is 5.05. The predicted molar refractivity (Wildman–Crippen MR) is 87.8 cm³/mol. The van der Waals surface area contributed by atoms with E-state index < -0.39 is 23.6 Å². The van der Waals surface area contributed by atoms with Gasteiger partial charge in [0.15, 0.2) is 6.61 Å². The molecule has 3 N–H and O–H groups in total. The number of hydrogen-bond acceptors (Lipinski definition) is 7. The van der Waals surface area contributed by atoms with E-state index in [1.807, 2.05) is 12.1 Å². The highest BCUT2D eigenvalue weighted by molar-refractivity contribution is 8.01. The fraction of sp³-hybridized carbons (Fsp3) is 0.250. The van der Waals surface area contributed by atoms with Crippen LogP contribution in [0, 0.1) is 11.3 Å². The number of Topliss-reactive ketones (excluding diaryl/α,β-unsaturated/α-hetero) is 1. The van der Waals surface area contributed by atoms with Gasteiger partial charge in [0.1, 0.15) is 11.6 Å². The molecule has 1 unspecified atom stereocenters. The maximum atomic E-state index is 12.0. The van der Waals surface area contributed by atoms with Crippen molar-refractivity contribution >= 4 is 35.1 Å². The Morgan fingerprint density at radius 1 is 1.42 bits per heavy atom. The van der Waals surface area contributed by atoms with Gasteiger partial charge in [0.05, 0.1) is 17.4 Å². The summed E-state index contributed by atoms with van der Waals surface area (Å²) in [4.78, 5) is 36.4. The fourth-order valence-corrected chi connectivity index (χ4v) is 3.12. The van der Waals surface area contributed by atoms with Crippen LogP contribution in [-0.2, 0) is 19.1 Å². The number of carbonyl (C=O) groups excluding carboxylic acids is 3. The standard InChI is InChI=1S/C16H15N3O4S/c1-9(18)10(7-17)12(20)8-23-15(21)6-14-16(22)19-11-4-2-3-5-13(11)24-14/h2-5,14H,6,8,18H2,1H3,(H,19,22)/b10-9-. The number of para-hydroxylation sites is 1. The maximum Gasteiger partial charge on any atom is 0.307 e. The van der Waals surface area contributed by atoms with Gasteiger partial charge in [-0.05, 0) is 19.1 Å². The van der Waals surface area contributed by atoms with Gasteiger partial charge in [-0.25, -0.2) is 0 Å². The van der Waals surface area contributed by atoms with E-state index in [0.29, 0.717) is 5.69 Å². The van der Waals surface area contributed by atoms with Crippen LogP contribution in [0.4, 0.5) is 5.69 Å². The first-order valence-corrected chi connectivity index (χ1v) is 7.92. The quantitative estimate of drug-likeness (QED) is 0.469. The number of ketones is 1. The maximum absolute atomic E-state index is 12.0. The summed E-state index contributed by atoms with van der Waals surface area (Å²) in [7, 11) is 0. The summed E-state index contributed by atoms with van der Waals surface area (Å²) >= 11 is 1.26. The van der Waals surface area contributed by atoms with Crippen LogP contribution >= 0.6 is 11.8 Å². The molecule has 0 spiro atoms. The van der Waals surface area contributed by atoms with Crippen LogP contribution in [0.15, 0.2) is 40.4 Å². The summed E-state index contributed by atoms with van der Waals surface area (Å²) in [6, 6.07) is 8.93. The average molecular weight is 345 g/mol. The number of amides is 1. The van der Waals surface area contributed by atoms with Gasteiger partial charge in [0, 0.05) is 10.6 Å². The first kappa shape index (κ1) is 17.6. The highest BCUT2D eigenvalue weighted by atomic mass is 32.2. The number of nitrogens with two attached hydrogens (primary N) is 1. The first-order valence-electron chi connectivity index (χ1n) is 7.04. The highest BCUT2D eigenvalue weighted by Crippen LogP contribution is 2.36. The molecular weight excluding hydrogens is 330 g/mol. The van der Waals surface area contributed by atoms with Crippen LogP contribution in [0.25, 0.3) is 0 Å². The zero-order valence-electron chi connectivity index (χ0n) is 12.9. The molecule has 1 amide bonds. The lowest BCUT2D eigenvalue weighted by atomic mass is 10.1. The molecule has 1 aliphatic heterocycles. The van der Waals surface area contributed by atoms with Crippen LogP contribution in [0.5, 0.6) is 0 Å². The van der Waals surface area contributed by atoms with E-state index in [1.54, 1.807) is 18.2 Å². The van der Waals surface area contributed by atoms with Gasteiger partial charge in [0.25, 0.3) is 0 Å². The van der Waals surface area contributed by atoms with Crippen molar-refractivity contribution in [3.63, 3.8) is 0 Å². The van der Waals surface area contributed by atoms with Crippen molar-refractivity contribution in [1.82, 2.24) is 0 Å². The number of nitrogens with one attached hydrogen (secondary N) is 1. The molecule has 1 aromatic rings. The number of rotatable bonds is 5. The molecule has 1 atom stereocenters. The lowest BCUT2D eigenvalue weighted by molar-refractivity contribution is -0.147. The third-order valence-corrected chi connectivity index (χ3v) is 4.48. The Morgan fingerprint density at radius 2 is 2.12 bits per heavy atom. The number of anilines is 1. The van der Waals surface area contributed by atoms with Crippen molar-refractivity contribution in [1.29, 1.82) is 5.26 Å². The number of thioether (sulfide) groups is 1. The van der Waals surface area contributed by atoms with Crippen LogP contribution in [-0.4, -0.2) is 29.5 Å². The molecule has 1 aliphatic rings. The van der Waals surface area contributed by atoms with E-state index in [4.69, 9.17) is 15.7 Å². The molecule has 0 fully saturated rings. The second kappa shape index (κ2) is 7.66. The number of fused-ring (bicyclic) bond motifs is 1. The van der Waals surface area contributed by atoms with Gasteiger partial charge in [-0.2, -0.15) is 5.26 Å². The van der Waals surface area contributed by atoms with Crippen LogP contribution < -0.4 is 11.1 Å².